The Morgan fingerprint density at radius 3 is 2.00 bits per heavy atom. The minimum absolute atomic E-state index is 0.0604. The van der Waals surface area contributed by atoms with Crippen LogP contribution in [0.1, 0.15) is 29.8 Å². The van der Waals surface area contributed by atoms with E-state index in [1.54, 1.807) is 0 Å². The van der Waals surface area contributed by atoms with E-state index in [4.69, 9.17) is 4.99 Å². The maximum absolute atomic E-state index is 4.99. The summed E-state index contributed by atoms with van der Waals surface area (Å²) in [5.41, 5.74) is 9.51. The fourth-order valence-electron chi connectivity index (χ4n) is 4.06. The zero-order chi connectivity index (χ0) is 21.8. The van der Waals surface area contributed by atoms with Gasteiger partial charge in [-0.15, -0.1) is 0 Å². The van der Waals surface area contributed by atoms with Crippen molar-refractivity contribution in [1.29, 1.82) is 0 Å². The first-order chi connectivity index (χ1) is 15.8. The topological polar surface area (TPSA) is 24.4 Å². The predicted octanol–water partition coefficient (Wildman–Crippen LogP) is 7.19. The molecule has 0 saturated heterocycles. The van der Waals surface area contributed by atoms with Crippen LogP contribution in [0.25, 0.3) is 22.3 Å². The highest BCUT2D eigenvalue weighted by Gasteiger charge is 2.14. The number of aliphatic imine (C=N–C) groups is 1. The average Bonchev–Trinajstić information content (AvgIpc) is 2.89. The number of hydrogen-bond acceptors (Lipinski definition) is 2. The number of hydrogen-bond donors (Lipinski definition) is 1. The molecule has 2 heteroatoms. The van der Waals surface area contributed by atoms with E-state index in [0.29, 0.717) is 0 Å². The molecule has 1 aliphatic heterocycles. The summed E-state index contributed by atoms with van der Waals surface area (Å²) in [5, 5.41) is 3.37. The second-order valence-electron chi connectivity index (χ2n) is 8.04. The van der Waals surface area contributed by atoms with Gasteiger partial charge in [-0.1, -0.05) is 104 Å². The SMILES string of the molecule is CCc1ccc(C2N=C(c3cccc(-c4ccc(-c5ccccc5)cc4)c3)C=CN2)cc1. The zero-order valence-corrected chi connectivity index (χ0v) is 18.2. The molecule has 1 heterocycles. The fourth-order valence-corrected chi connectivity index (χ4v) is 4.06. The van der Waals surface area contributed by atoms with Crippen molar-refractivity contribution >= 4 is 5.71 Å². The first-order valence-electron chi connectivity index (χ1n) is 11.2. The van der Waals surface area contributed by atoms with Gasteiger partial charge in [0.25, 0.3) is 0 Å². The monoisotopic (exact) mass is 414 g/mol. The van der Waals surface area contributed by atoms with Crippen LogP contribution in [0.2, 0.25) is 0 Å². The van der Waals surface area contributed by atoms with Gasteiger partial charge in [-0.25, -0.2) is 0 Å². The summed E-state index contributed by atoms with van der Waals surface area (Å²) in [6.45, 7) is 2.18. The summed E-state index contributed by atoms with van der Waals surface area (Å²) in [4.78, 5) is 4.99. The third kappa shape index (κ3) is 4.26. The molecular weight excluding hydrogens is 388 g/mol. The molecule has 4 aromatic rings. The van der Waals surface area contributed by atoms with Crippen molar-refractivity contribution in [2.75, 3.05) is 0 Å². The normalized spacial score (nSPS) is 15.2. The summed E-state index contributed by atoms with van der Waals surface area (Å²) in [5.74, 6) is 0. The van der Waals surface area contributed by atoms with Crippen LogP contribution in [-0.4, -0.2) is 5.71 Å². The van der Waals surface area contributed by atoms with Crippen LogP contribution in [0.4, 0.5) is 0 Å². The summed E-state index contributed by atoms with van der Waals surface area (Å²) in [6, 6.07) is 36.6. The van der Waals surface area contributed by atoms with Crippen LogP contribution >= 0.6 is 0 Å². The number of nitrogens with one attached hydrogen (secondary N) is 1. The number of allylic oxidation sites excluding steroid dienone is 1. The Balaban J connectivity index is 1.40. The Morgan fingerprint density at radius 2 is 1.28 bits per heavy atom. The minimum atomic E-state index is -0.0604. The predicted molar refractivity (Wildman–Crippen MR) is 135 cm³/mol. The van der Waals surface area contributed by atoms with Gasteiger partial charge in [-0.05, 0) is 51.9 Å². The lowest BCUT2D eigenvalue weighted by Gasteiger charge is -2.19. The molecule has 0 radical (unpaired) electrons. The Kier molecular flexibility index (Phi) is 5.67. The second kappa shape index (κ2) is 9.07. The highest BCUT2D eigenvalue weighted by atomic mass is 15.1. The first kappa shape index (κ1) is 20.0. The summed E-state index contributed by atoms with van der Waals surface area (Å²) >= 11 is 0. The van der Waals surface area contributed by atoms with Gasteiger partial charge >= 0.3 is 0 Å². The van der Waals surface area contributed by atoms with E-state index in [1.165, 1.54) is 33.4 Å². The smallest absolute Gasteiger partial charge is 0.145 e. The van der Waals surface area contributed by atoms with E-state index >= 15 is 0 Å². The van der Waals surface area contributed by atoms with Crippen molar-refractivity contribution in [3.05, 3.63) is 132 Å². The van der Waals surface area contributed by atoms with Crippen LogP contribution < -0.4 is 5.32 Å². The van der Waals surface area contributed by atoms with Crippen LogP contribution in [0, 0.1) is 0 Å². The molecule has 0 spiro atoms. The van der Waals surface area contributed by atoms with Gasteiger partial charge in [-0.2, -0.15) is 0 Å². The van der Waals surface area contributed by atoms with Crippen molar-refractivity contribution in [2.45, 2.75) is 19.5 Å². The lowest BCUT2D eigenvalue weighted by Crippen LogP contribution is -2.20. The summed E-state index contributed by atoms with van der Waals surface area (Å²) < 4.78 is 0. The van der Waals surface area contributed by atoms with Crippen molar-refractivity contribution in [3.63, 3.8) is 0 Å². The molecule has 156 valence electrons. The Bertz CT molecular complexity index is 1250. The lowest BCUT2D eigenvalue weighted by molar-refractivity contribution is 0.649. The van der Waals surface area contributed by atoms with Crippen molar-refractivity contribution in [3.8, 4) is 22.3 Å². The summed E-state index contributed by atoms with van der Waals surface area (Å²) in [7, 11) is 0. The van der Waals surface area contributed by atoms with Crippen LogP contribution in [-0.2, 0) is 6.42 Å². The Morgan fingerprint density at radius 1 is 0.656 bits per heavy atom. The van der Waals surface area contributed by atoms with Gasteiger partial charge in [0, 0.05) is 11.8 Å². The number of nitrogens with zero attached hydrogens (tertiary/aromatic N) is 1. The molecule has 0 amide bonds. The Hall–Kier alpha value is -3.91. The third-order valence-corrected chi connectivity index (χ3v) is 5.95. The maximum Gasteiger partial charge on any atom is 0.145 e. The molecule has 0 fully saturated rings. The number of rotatable bonds is 5. The quantitative estimate of drug-likeness (QED) is 0.367. The minimum Gasteiger partial charge on any atom is -0.366 e. The van der Waals surface area contributed by atoms with Gasteiger partial charge < -0.3 is 5.32 Å². The molecule has 0 bridgehead atoms. The average molecular weight is 415 g/mol. The maximum atomic E-state index is 4.99. The molecule has 1 aliphatic rings. The molecule has 2 nitrogen and oxygen atoms in total. The number of aryl methyl sites for hydroxylation is 1. The molecule has 1 N–H and O–H groups in total. The van der Waals surface area contributed by atoms with E-state index < -0.39 is 0 Å². The highest BCUT2D eigenvalue weighted by Crippen LogP contribution is 2.27. The molecule has 0 aromatic heterocycles. The molecule has 1 unspecified atom stereocenters. The van der Waals surface area contributed by atoms with Crippen LogP contribution in [0.15, 0.2) is 120 Å². The van der Waals surface area contributed by atoms with Crippen molar-refractivity contribution in [2.24, 2.45) is 4.99 Å². The highest BCUT2D eigenvalue weighted by molar-refractivity contribution is 6.09. The largest absolute Gasteiger partial charge is 0.366 e. The van der Waals surface area contributed by atoms with E-state index in [9.17, 15) is 0 Å². The van der Waals surface area contributed by atoms with E-state index in [0.717, 1.165) is 17.7 Å². The fraction of sp³-hybridized carbons (Fsp3) is 0.100. The zero-order valence-electron chi connectivity index (χ0n) is 18.2. The second-order valence-corrected chi connectivity index (χ2v) is 8.04. The van der Waals surface area contributed by atoms with Crippen molar-refractivity contribution in [1.82, 2.24) is 5.32 Å². The Labute approximate surface area is 190 Å². The molecule has 4 aromatic carbocycles. The number of benzene rings is 4. The van der Waals surface area contributed by atoms with Gasteiger partial charge in [-0.3, -0.25) is 4.99 Å². The van der Waals surface area contributed by atoms with E-state index in [1.807, 2.05) is 12.3 Å². The lowest BCUT2D eigenvalue weighted by atomic mass is 9.98. The molecule has 0 saturated carbocycles. The molecule has 32 heavy (non-hydrogen) atoms. The molecule has 0 aliphatic carbocycles. The standard InChI is InChI=1S/C30H26N2/c1-2-22-11-13-26(14-12-22)30-31-20-19-29(32-30)28-10-6-9-27(21-28)25-17-15-24(16-18-25)23-7-4-3-5-8-23/h3-21,30-31H,2H2,1H3. The van der Waals surface area contributed by atoms with Gasteiger partial charge in [0.15, 0.2) is 0 Å². The van der Waals surface area contributed by atoms with Gasteiger partial charge in [0.05, 0.1) is 5.71 Å². The van der Waals surface area contributed by atoms with Crippen LogP contribution in [0.5, 0.6) is 0 Å². The first-order valence-corrected chi connectivity index (χ1v) is 11.2. The van der Waals surface area contributed by atoms with Gasteiger partial charge in [0.1, 0.15) is 6.17 Å². The van der Waals surface area contributed by atoms with Crippen LogP contribution in [0.3, 0.4) is 0 Å². The summed E-state index contributed by atoms with van der Waals surface area (Å²) in [6.07, 6.45) is 5.04. The van der Waals surface area contributed by atoms with Gasteiger partial charge in [0.2, 0.25) is 0 Å². The van der Waals surface area contributed by atoms with E-state index in [2.05, 4.69) is 115 Å². The molecular formula is C30H26N2. The third-order valence-electron chi connectivity index (χ3n) is 5.95. The molecule has 1 atom stereocenters. The molecule has 5 rings (SSSR count). The van der Waals surface area contributed by atoms with Crippen molar-refractivity contribution < 1.29 is 0 Å². The van der Waals surface area contributed by atoms with E-state index in [-0.39, 0.29) is 6.17 Å².